The molecule has 2 atom stereocenters. The summed E-state index contributed by atoms with van der Waals surface area (Å²) in [4.78, 5) is 23.3. The molecule has 0 radical (unpaired) electrons. The summed E-state index contributed by atoms with van der Waals surface area (Å²) < 4.78 is 4.69. The van der Waals surface area contributed by atoms with Gasteiger partial charge in [-0.05, 0) is 19.3 Å². The Morgan fingerprint density at radius 2 is 2.29 bits per heavy atom. The second-order valence-corrected chi connectivity index (χ2v) is 4.39. The minimum absolute atomic E-state index is 0.0158. The third-order valence-electron chi connectivity index (χ3n) is 3.09. The third kappa shape index (κ3) is 3.89. The van der Waals surface area contributed by atoms with Crippen LogP contribution in [0.15, 0.2) is 0 Å². The average molecular weight is 236 g/mol. The SMILES string of the molecule is CCCCC#CC1CCCC(=O)C1C(=O)OC. The predicted octanol–water partition coefficient (Wildman–Crippen LogP) is 2.34. The average Bonchev–Trinajstić information content (AvgIpc) is 2.34. The molecule has 0 bridgehead atoms. The van der Waals surface area contributed by atoms with Crippen molar-refractivity contribution < 1.29 is 14.3 Å². The van der Waals surface area contributed by atoms with Crippen LogP contribution in [0.2, 0.25) is 0 Å². The number of Topliss-reactive ketones (excluding diaryl/α,β-unsaturated/α-hetero) is 1. The largest absolute Gasteiger partial charge is 0.468 e. The van der Waals surface area contributed by atoms with Crippen LogP contribution in [-0.2, 0) is 14.3 Å². The number of ether oxygens (including phenoxy) is 1. The molecule has 1 saturated carbocycles. The van der Waals surface area contributed by atoms with E-state index in [0.717, 1.165) is 32.1 Å². The lowest BCUT2D eigenvalue weighted by atomic mass is 9.78. The lowest BCUT2D eigenvalue weighted by Gasteiger charge is -2.24. The Kier molecular flexibility index (Phi) is 5.76. The van der Waals surface area contributed by atoms with E-state index in [2.05, 4.69) is 18.8 Å². The number of esters is 1. The van der Waals surface area contributed by atoms with Gasteiger partial charge in [-0.1, -0.05) is 19.3 Å². The maximum atomic E-state index is 11.7. The van der Waals surface area contributed by atoms with Crippen molar-refractivity contribution in [3.05, 3.63) is 0 Å². The number of ketones is 1. The molecular formula is C14H20O3. The Morgan fingerprint density at radius 1 is 1.53 bits per heavy atom. The molecule has 1 fully saturated rings. The van der Waals surface area contributed by atoms with Crippen molar-refractivity contribution in [1.82, 2.24) is 0 Å². The summed E-state index contributed by atoms with van der Waals surface area (Å²) in [5.74, 6) is 4.93. The monoisotopic (exact) mass is 236 g/mol. The molecular weight excluding hydrogens is 216 g/mol. The van der Waals surface area contributed by atoms with E-state index in [1.807, 2.05) is 0 Å². The van der Waals surface area contributed by atoms with Crippen LogP contribution in [0.1, 0.15) is 45.4 Å². The fraction of sp³-hybridized carbons (Fsp3) is 0.714. The molecule has 0 aromatic carbocycles. The molecule has 0 amide bonds. The Hall–Kier alpha value is -1.30. The van der Waals surface area contributed by atoms with Gasteiger partial charge in [0.05, 0.1) is 7.11 Å². The van der Waals surface area contributed by atoms with Gasteiger partial charge >= 0.3 is 5.97 Å². The van der Waals surface area contributed by atoms with E-state index in [4.69, 9.17) is 4.74 Å². The maximum absolute atomic E-state index is 11.7. The van der Waals surface area contributed by atoms with Crippen molar-refractivity contribution in [3.8, 4) is 11.8 Å². The normalized spacial score (nSPS) is 23.8. The Morgan fingerprint density at radius 3 is 2.94 bits per heavy atom. The molecule has 1 aliphatic carbocycles. The van der Waals surface area contributed by atoms with E-state index in [1.54, 1.807) is 0 Å². The van der Waals surface area contributed by atoms with E-state index >= 15 is 0 Å². The minimum Gasteiger partial charge on any atom is -0.468 e. The van der Waals surface area contributed by atoms with E-state index in [0.29, 0.717) is 6.42 Å². The van der Waals surface area contributed by atoms with Gasteiger partial charge in [0.1, 0.15) is 11.7 Å². The van der Waals surface area contributed by atoms with Crippen LogP contribution < -0.4 is 0 Å². The Labute approximate surface area is 103 Å². The fourth-order valence-corrected chi connectivity index (χ4v) is 2.09. The Balaban J connectivity index is 2.68. The van der Waals surface area contributed by atoms with Gasteiger partial charge in [0, 0.05) is 18.8 Å². The van der Waals surface area contributed by atoms with Gasteiger partial charge in [0.15, 0.2) is 0 Å². The van der Waals surface area contributed by atoms with Crippen molar-refractivity contribution in [1.29, 1.82) is 0 Å². The van der Waals surface area contributed by atoms with Gasteiger partial charge in [0.2, 0.25) is 0 Å². The highest BCUT2D eigenvalue weighted by molar-refractivity contribution is 6.00. The molecule has 0 spiro atoms. The van der Waals surface area contributed by atoms with Crippen LogP contribution >= 0.6 is 0 Å². The van der Waals surface area contributed by atoms with Crippen molar-refractivity contribution in [2.24, 2.45) is 11.8 Å². The van der Waals surface area contributed by atoms with Crippen molar-refractivity contribution in [2.45, 2.75) is 45.4 Å². The number of unbranched alkanes of at least 4 members (excludes halogenated alkanes) is 2. The van der Waals surface area contributed by atoms with Crippen molar-refractivity contribution >= 4 is 11.8 Å². The maximum Gasteiger partial charge on any atom is 0.317 e. The van der Waals surface area contributed by atoms with Crippen LogP contribution in [0.5, 0.6) is 0 Å². The van der Waals surface area contributed by atoms with Crippen molar-refractivity contribution in [2.75, 3.05) is 7.11 Å². The summed E-state index contributed by atoms with van der Waals surface area (Å²) in [6.07, 6.45) is 5.15. The highest BCUT2D eigenvalue weighted by Gasteiger charge is 2.37. The number of hydrogen-bond donors (Lipinski definition) is 0. The first-order valence-corrected chi connectivity index (χ1v) is 6.29. The summed E-state index contributed by atoms with van der Waals surface area (Å²) in [7, 11) is 1.33. The number of carbonyl (C=O) groups is 2. The zero-order valence-electron chi connectivity index (χ0n) is 10.6. The summed E-state index contributed by atoms with van der Waals surface area (Å²) in [5, 5.41) is 0. The van der Waals surface area contributed by atoms with Crippen molar-refractivity contribution in [3.63, 3.8) is 0 Å². The minimum atomic E-state index is -0.650. The molecule has 0 N–H and O–H groups in total. The summed E-state index contributed by atoms with van der Waals surface area (Å²) >= 11 is 0. The van der Waals surface area contributed by atoms with Crippen LogP contribution in [-0.4, -0.2) is 18.9 Å². The fourth-order valence-electron chi connectivity index (χ4n) is 2.09. The summed E-state index contributed by atoms with van der Waals surface area (Å²) in [5.41, 5.74) is 0. The van der Waals surface area contributed by atoms with Gasteiger partial charge in [-0.25, -0.2) is 0 Å². The number of hydrogen-bond acceptors (Lipinski definition) is 3. The van der Waals surface area contributed by atoms with Gasteiger partial charge in [-0.3, -0.25) is 9.59 Å². The molecule has 3 nitrogen and oxygen atoms in total. The first-order chi connectivity index (χ1) is 8.20. The number of rotatable bonds is 3. The molecule has 17 heavy (non-hydrogen) atoms. The van der Waals surface area contributed by atoms with E-state index < -0.39 is 11.9 Å². The van der Waals surface area contributed by atoms with Crippen LogP contribution in [0, 0.1) is 23.7 Å². The molecule has 0 aromatic heterocycles. The first kappa shape index (κ1) is 13.8. The van der Waals surface area contributed by atoms with E-state index in [9.17, 15) is 9.59 Å². The topological polar surface area (TPSA) is 43.4 Å². The lowest BCUT2D eigenvalue weighted by molar-refractivity contribution is -0.152. The number of methoxy groups -OCH3 is 1. The second-order valence-electron chi connectivity index (χ2n) is 4.39. The highest BCUT2D eigenvalue weighted by atomic mass is 16.5. The molecule has 2 unspecified atom stereocenters. The zero-order chi connectivity index (χ0) is 12.7. The van der Waals surface area contributed by atoms with Gasteiger partial charge < -0.3 is 4.74 Å². The van der Waals surface area contributed by atoms with Gasteiger partial charge in [-0.2, -0.15) is 0 Å². The first-order valence-electron chi connectivity index (χ1n) is 6.29. The van der Waals surface area contributed by atoms with Gasteiger partial charge in [0.25, 0.3) is 0 Å². The quantitative estimate of drug-likeness (QED) is 0.327. The highest BCUT2D eigenvalue weighted by Crippen LogP contribution is 2.27. The standard InChI is InChI=1S/C14H20O3/c1-3-4-5-6-8-11-9-7-10-12(15)13(11)14(16)17-2/h11,13H,3-5,7,9-10H2,1-2H3. The van der Waals surface area contributed by atoms with Crippen LogP contribution in [0.25, 0.3) is 0 Å². The van der Waals surface area contributed by atoms with Crippen LogP contribution in [0.3, 0.4) is 0 Å². The third-order valence-corrected chi connectivity index (χ3v) is 3.09. The smallest absolute Gasteiger partial charge is 0.317 e. The molecule has 0 saturated heterocycles. The van der Waals surface area contributed by atoms with E-state index in [-0.39, 0.29) is 11.7 Å². The molecule has 1 rings (SSSR count). The Bertz CT molecular complexity index is 327. The molecule has 94 valence electrons. The molecule has 0 aromatic rings. The predicted molar refractivity (Wildman–Crippen MR) is 65.2 cm³/mol. The second kappa shape index (κ2) is 7.11. The number of carbonyl (C=O) groups excluding carboxylic acids is 2. The van der Waals surface area contributed by atoms with Crippen LogP contribution in [0.4, 0.5) is 0 Å². The lowest BCUT2D eigenvalue weighted by Crippen LogP contribution is -2.35. The zero-order valence-corrected chi connectivity index (χ0v) is 10.6. The molecule has 0 heterocycles. The molecule has 0 aliphatic heterocycles. The molecule has 3 heteroatoms. The van der Waals surface area contributed by atoms with Gasteiger partial charge in [-0.15, -0.1) is 5.92 Å². The molecule has 1 aliphatic rings. The summed E-state index contributed by atoms with van der Waals surface area (Å²) in [6.45, 7) is 2.11. The summed E-state index contributed by atoms with van der Waals surface area (Å²) in [6, 6.07) is 0. The van der Waals surface area contributed by atoms with E-state index in [1.165, 1.54) is 7.11 Å².